The molecule has 3 fully saturated rings. The van der Waals surface area contributed by atoms with E-state index >= 15 is 0 Å². The van der Waals surface area contributed by atoms with Crippen molar-refractivity contribution in [1.82, 2.24) is 15.1 Å². The molecule has 0 unspecified atom stereocenters. The van der Waals surface area contributed by atoms with Gasteiger partial charge < -0.3 is 19.9 Å². The number of ether oxygens (including phenoxy) is 1. The second-order valence-corrected chi connectivity index (χ2v) is 9.30. The molecule has 0 spiro atoms. The number of halogens is 1. The molecule has 0 aliphatic carbocycles. The summed E-state index contributed by atoms with van der Waals surface area (Å²) in [4.78, 5) is 30.1. The molecule has 1 N–H and O–H groups in total. The summed E-state index contributed by atoms with van der Waals surface area (Å²) in [6.45, 7) is 4.30. The Hall–Kier alpha value is -1.99. The van der Waals surface area contributed by atoms with Gasteiger partial charge in [-0.05, 0) is 55.2 Å². The molecule has 1 aromatic carbocycles. The van der Waals surface area contributed by atoms with Gasteiger partial charge in [-0.25, -0.2) is 4.39 Å². The van der Waals surface area contributed by atoms with Gasteiger partial charge in [0.25, 0.3) is 0 Å². The van der Waals surface area contributed by atoms with Crippen molar-refractivity contribution in [3.05, 3.63) is 35.6 Å². The van der Waals surface area contributed by atoms with Crippen LogP contribution < -0.4 is 5.32 Å². The fourth-order valence-corrected chi connectivity index (χ4v) is 5.82. The van der Waals surface area contributed by atoms with Crippen LogP contribution in [-0.2, 0) is 20.7 Å². The molecular weight excluding hydrogens is 397 g/mol. The summed E-state index contributed by atoms with van der Waals surface area (Å²) in [6, 6.07) is 6.38. The minimum absolute atomic E-state index is 0.0523. The van der Waals surface area contributed by atoms with Crippen LogP contribution in [-0.4, -0.2) is 73.6 Å². The summed E-state index contributed by atoms with van der Waals surface area (Å²) < 4.78 is 18.3. The van der Waals surface area contributed by atoms with Gasteiger partial charge in [0, 0.05) is 52.4 Å². The fraction of sp³-hybridized carbons (Fsp3) is 0.667. The number of hydrogen-bond acceptors (Lipinski definition) is 4. The van der Waals surface area contributed by atoms with E-state index in [-0.39, 0.29) is 30.1 Å². The van der Waals surface area contributed by atoms with E-state index in [4.69, 9.17) is 4.74 Å². The summed E-state index contributed by atoms with van der Waals surface area (Å²) >= 11 is 0. The lowest BCUT2D eigenvalue weighted by Gasteiger charge is -2.56. The number of likely N-dealkylation sites (tertiary alicyclic amines) is 1. The number of methoxy groups -OCH3 is 1. The molecule has 170 valence electrons. The van der Waals surface area contributed by atoms with Crippen molar-refractivity contribution in [2.45, 2.75) is 50.6 Å². The third-order valence-electron chi connectivity index (χ3n) is 7.18. The highest BCUT2D eigenvalue weighted by Crippen LogP contribution is 2.41. The number of carbonyl (C=O) groups excluding carboxylic acids is 2. The minimum Gasteiger partial charge on any atom is -0.385 e. The maximum atomic E-state index is 13.1. The molecule has 2 bridgehead atoms. The van der Waals surface area contributed by atoms with Gasteiger partial charge >= 0.3 is 0 Å². The Morgan fingerprint density at radius 3 is 2.77 bits per heavy atom. The van der Waals surface area contributed by atoms with E-state index < -0.39 is 0 Å². The monoisotopic (exact) mass is 431 g/mol. The van der Waals surface area contributed by atoms with Crippen molar-refractivity contribution in [3.8, 4) is 0 Å². The van der Waals surface area contributed by atoms with E-state index in [2.05, 4.69) is 15.1 Å². The number of benzene rings is 1. The lowest BCUT2D eigenvalue weighted by Crippen LogP contribution is -2.67. The molecular formula is C24H34FN3O3. The van der Waals surface area contributed by atoms with Crippen molar-refractivity contribution in [2.24, 2.45) is 11.8 Å². The van der Waals surface area contributed by atoms with Crippen LogP contribution in [0, 0.1) is 17.7 Å². The molecule has 3 aliphatic heterocycles. The first-order valence-electron chi connectivity index (χ1n) is 11.6. The summed E-state index contributed by atoms with van der Waals surface area (Å²) in [5.41, 5.74) is 0.788. The van der Waals surface area contributed by atoms with Crippen molar-refractivity contribution in [1.29, 1.82) is 0 Å². The molecule has 3 saturated heterocycles. The normalized spacial score (nSPS) is 28.3. The first-order valence-corrected chi connectivity index (χ1v) is 11.6. The lowest BCUT2D eigenvalue weighted by molar-refractivity contribution is -0.153. The first-order chi connectivity index (χ1) is 15.0. The molecule has 3 aliphatic rings. The van der Waals surface area contributed by atoms with E-state index in [9.17, 15) is 14.0 Å². The largest absolute Gasteiger partial charge is 0.385 e. The lowest BCUT2D eigenvalue weighted by atomic mass is 9.72. The van der Waals surface area contributed by atoms with Crippen LogP contribution in [0.4, 0.5) is 4.39 Å². The van der Waals surface area contributed by atoms with Crippen LogP contribution in [0.15, 0.2) is 24.3 Å². The van der Waals surface area contributed by atoms with Gasteiger partial charge in [0.2, 0.25) is 11.8 Å². The highest BCUT2D eigenvalue weighted by molar-refractivity contribution is 5.79. The molecule has 0 aromatic heterocycles. The third-order valence-corrected chi connectivity index (χ3v) is 7.18. The van der Waals surface area contributed by atoms with Crippen LogP contribution in [0.25, 0.3) is 0 Å². The zero-order valence-corrected chi connectivity index (χ0v) is 18.4. The van der Waals surface area contributed by atoms with Gasteiger partial charge in [-0.15, -0.1) is 0 Å². The van der Waals surface area contributed by atoms with Crippen molar-refractivity contribution in [3.63, 3.8) is 0 Å². The van der Waals surface area contributed by atoms with Gasteiger partial charge in [-0.3, -0.25) is 9.59 Å². The standard InChI is InChI=1S/C24H34FN3O3/c1-31-11-3-10-27-15-18-13-19(16-27)22(28-21(18)4-2-5-24(28)30)14-26-23(29)12-17-6-8-20(25)9-7-17/h6-9,18-19,21-22H,2-5,10-16H2,1H3,(H,26,29)/t18-,19+,21+,22+/m1/s1. The third kappa shape index (κ3) is 5.26. The topological polar surface area (TPSA) is 61.9 Å². The van der Waals surface area contributed by atoms with E-state index in [0.29, 0.717) is 30.8 Å². The zero-order chi connectivity index (χ0) is 21.8. The second-order valence-electron chi connectivity index (χ2n) is 9.30. The van der Waals surface area contributed by atoms with Crippen LogP contribution >= 0.6 is 0 Å². The number of hydrogen-bond donors (Lipinski definition) is 1. The highest BCUT2D eigenvalue weighted by atomic mass is 19.1. The molecule has 2 amide bonds. The van der Waals surface area contributed by atoms with Crippen LogP contribution in [0.1, 0.15) is 37.7 Å². The van der Waals surface area contributed by atoms with Gasteiger partial charge in [-0.1, -0.05) is 12.1 Å². The number of amides is 2. The van der Waals surface area contributed by atoms with E-state index in [1.807, 2.05) is 0 Å². The Morgan fingerprint density at radius 1 is 1.23 bits per heavy atom. The molecule has 3 heterocycles. The Bertz CT molecular complexity index is 772. The predicted octanol–water partition coefficient (Wildman–Crippen LogP) is 2.22. The molecule has 6 nitrogen and oxygen atoms in total. The smallest absolute Gasteiger partial charge is 0.224 e. The SMILES string of the molecule is COCCCN1C[C@H]2C[C@@H](C1)[C@H](CNC(=O)Cc1ccc(F)cc1)N1C(=O)CCC[C@@H]21. The van der Waals surface area contributed by atoms with E-state index in [1.165, 1.54) is 12.1 Å². The quantitative estimate of drug-likeness (QED) is 0.642. The first kappa shape index (κ1) is 22.2. The van der Waals surface area contributed by atoms with E-state index in [1.54, 1.807) is 19.2 Å². The van der Waals surface area contributed by atoms with Gasteiger partial charge in [0.15, 0.2) is 0 Å². The zero-order valence-electron chi connectivity index (χ0n) is 18.4. The molecule has 7 heteroatoms. The molecule has 0 saturated carbocycles. The van der Waals surface area contributed by atoms with Crippen molar-refractivity contribution >= 4 is 11.8 Å². The Kier molecular flexibility index (Phi) is 7.23. The number of rotatable bonds is 8. The predicted molar refractivity (Wildman–Crippen MR) is 116 cm³/mol. The molecule has 31 heavy (non-hydrogen) atoms. The fourth-order valence-electron chi connectivity index (χ4n) is 5.82. The molecule has 4 rings (SSSR count). The highest BCUT2D eigenvalue weighted by Gasteiger charge is 2.49. The minimum atomic E-state index is -0.303. The van der Waals surface area contributed by atoms with Gasteiger partial charge in [-0.2, -0.15) is 0 Å². The van der Waals surface area contributed by atoms with Gasteiger partial charge in [0.1, 0.15) is 5.82 Å². The summed E-state index contributed by atoms with van der Waals surface area (Å²) in [5.74, 6) is 0.768. The maximum absolute atomic E-state index is 13.1. The summed E-state index contributed by atoms with van der Waals surface area (Å²) in [7, 11) is 1.74. The van der Waals surface area contributed by atoms with Crippen LogP contribution in [0.5, 0.6) is 0 Å². The summed E-state index contributed by atoms with van der Waals surface area (Å²) in [5, 5.41) is 3.07. The molecule has 0 radical (unpaired) electrons. The average molecular weight is 432 g/mol. The Labute approximate surface area is 184 Å². The van der Waals surface area contributed by atoms with E-state index in [0.717, 1.165) is 57.5 Å². The average Bonchev–Trinajstić information content (AvgIpc) is 2.76. The number of piperidine rings is 3. The number of nitrogens with one attached hydrogen (secondary N) is 1. The summed E-state index contributed by atoms with van der Waals surface area (Å²) in [6.07, 6.45) is 5.02. The van der Waals surface area contributed by atoms with Crippen LogP contribution in [0.2, 0.25) is 0 Å². The van der Waals surface area contributed by atoms with Crippen molar-refractivity contribution < 1.29 is 18.7 Å². The Morgan fingerprint density at radius 2 is 2.00 bits per heavy atom. The molecule has 1 aromatic rings. The van der Waals surface area contributed by atoms with Crippen LogP contribution in [0.3, 0.4) is 0 Å². The maximum Gasteiger partial charge on any atom is 0.224 e. The Balaban J connectivity index is 1.41. The second kappa shape index (κ2) is 10.1. The molecule has 4 atom stereocenters. The van der Waals surface area contributed by atoms with Gasteiger partial charge in [0.05, 0.1) is 12.5 Å². The number of fused-ring (bicyclic) bond motifs is 4. The number of carbonyl (C=O) groups is 2. The number of nitrogens with zero attached hydrogens (tertiary/aromatic N) is 2. The van der Waals surface area contributed by atoms with Crippen molar-refractivity contribution in [2.75, 3.05) is 39.9 Å².